The zero-order valence-electron chi connectivity index (χ0n) is 11.3. The molecule has 0 spiro atoms. The van der Waals surface area contributed by atoms with Gasteiger partial charge >= 0.3 is 0 Å². The summed E-state index contributed by atoms with van der Waals surface area (Å²) < 4.78 is 0. The monoisotopic (exact) mass is 279 g/mol. The maximum Gasteiger partial charge on any atom is 0.0973 e. The highest BCUT2D eigenvalue weighted by Gasteiger charge is 2.46. The van der Waals surface area contributed by atoms with Gasteiger partial charge in [0.05, 0.1) is 11.6 Å². The molecule has 1 aliphatic heterocycles. The van der Waals surface area contributed by atoms with Crippen LogP contribution in [0.15, 0.2) is 24.3 Å². The Morgan fingerprint density at radius 3 is 2.16 bits per heavy atom. The average Bonchev–Trinajstić information content (AvgIpc) is 3.10. The van der Waals surface area contributed by atoms with Crippen LogP contribution in [0.4, 0.5) is 0 Å². The van der Waals surface area contributed by atoms with Crippen LogP contribution in [-0.2, 0) is 0 Å². The Balaban J connectivity index is 1.88. The molecule has 1 atom stereocenters. The second kappa shape index (κ2) is 5.43. The first-order chi connectivity index (χ1) is 9.22. The van der Waals surface area contributed by atoms with E-state index in [0.717, 1.165) is 36.5 Å². The predicted octanol–water partition coefficient (Wildman–Crippen LogP) is 3.78. The maximum atomic E-state index is 10.9. The summed E-state index contributed by atoms with van der Waals surface area (Å²) in [5.74, 6) is 0. The molecule has 1 unspecified atom stereocenters. The summed E-state index contributed by atoms with van der Waals surface area (Å²) >= 11 is 5.95. The molecule has 2 aliphatic rings. The van der Waals surface area contributed by atoms with E-state index in [1.165, 1.54) is 25.7 Å². The van der Waals surface area contributed by atoms with Gasteiger partial charge < -0.3 is 5.11 Å². The van der Waals surface area contributed by atoms with Crippen molar-refractivity contribution >= 4 is 11.6 Å². The number of benzene rings is 1. The van der Waals surface area contributed by atoms with Crippen LogP contribution < -0.4 is 0 Å². The third kappa shape index (κ3) is 2.42. The molecule has 1 aromatic carbocycles. The fraction of sp³-hybridized carbons (Fsp3) is 0.625. The topological polar surface area (TPSA) is 23.5 Å². The summed E-state index contributed by atoms with van der Waals surface area (Å²) in [6, 6.07) is 7.71. The van der Waals surface area contributed by atoms with E-state index in [9.17, 15) is 5.11 Å². The number of nitrogens with zero attached hydrogens (tertiary/aromatic N) is 1. The average molecular weight is 280 g/mol. The predicted molar refractivity (Wildman–Crippen MR) is 78.4 cm³/mol. The quantitative estimate of drug-likeness (QED) is 0.910. The van der Waals surface area contributed by atoms with Crippen molar-refractivity contribution in [2.75, 3.05) is 13.1 Å². The molecule has 1 aliphatic carbocycles. The Bertz CT molecular complexity index is 419. The van der Waals surface area contributed by atoms with E-state index in [1.807, 2.05) is 24.3 Å². The summed E-state index contributed by atoms with van der Waals surface area (Å²) in [7, 11) is 0. The number of halogens is 1. The highest BCUT2D eigenvalue weighted by molar-refractivity contribution is 6.30. The molecule has 3 rings (SSSR count). The third-order valence-electron chi connectivity index (χ3n) is 4.90. The Morgan fingerprint density at radius 2 is 1.58 bits per heavy atom. The molecule has 1 aromatic rings. The maximum absolute atomic E-state index is 10.9. The van der Waals surface area contributed by atoms with E-state index in [2.05, 4.69) is 4.90 Å². The lowest BCUT2D eigenvalue weighted by Gasteiger charge is -2.43. The van der Waals surface area contributed by atoms with Crippen molar-refractivity contribution < 1.29 is 5.11 Å². The van der Waals surface area contributed by atoms with Crippen molar-refractivity contribution in [2.45, 2.75) is 50.2 Å². The molecule has 2 fully saturated rings. The Morgan fingerprint density at radius 1 is 1.00 bits per heavy atom. The SMILES string of the molecule is OC(c1ccc(Cl)cc1)C1(N2CCCC2)CCCC1. The van der Waals surface area contributed by atoms with Crippen LogP contribution >= 0.6 is 11.6 Å². The first kappa shape index (κ1) is 13.4. The summed E-state index contributed by atoms with van der Waals surface area (Å²) in [4.78, 5) is 2.54. The first-order valence-electron chi connectivity index (χ1n) is 7.41. The van der Waals surface area contributed by atoms with Gasteiger partial charge in [-0.1, -0.05) is 36.6 Å². The molecular formula is C16H22ClNO. The molecule has 1 saturated heterocycles. The van der Waals surface area contributed by atoms with Crippen LogP contribution in [0.3, 0.4) is 0 Å². The second-order valence-corrected chi connectivity index (χ2v) is 6.40. The van der Waals surface area contributed by atoms with Crippen LogP contribution in [0.1, 0.15) is 50.2 Å². The normalized spacial score (nSPS) is 24.7. The van der Waals surface area contributed by atoms with Gasteiger partial charge in [-0.3, -0.25) is 4.90 Å². The van der Waals surface area contributed by atoms with E-state index in [4.69, 9.17) is 11.6 Å². The Hall–Kier alpha value is -0.570. The summed E-state index contributed by atoms with van der Waals surface area (Å²) in [6.45, 7) is 2.29. The molecule has 104 valence electrons. The van der Waals surface area contributed by atoms with Crippen molar-refractivity contribution in [2.24, 2.45) is 0 Å². The Labute approximate surface area is 120 Å². The zero-order chi connectivity index (χ0) is 13.3. The fourth-order valence-electron chi connectivity index (χ4n) is 3.87. The second-order valence-electron chi connectivity index (χ2n) is 5.96. The van der Waals surface area contributed by atoms with Gasteiger partial charge in [0.1, 0.15) is 0 Å². The van der Waals surface area contributed by atoms with Gasteiger partial charge in [0.25, 0.3) is 0 Å². The van der Waals surface area contributed by atoms with Crippen LogP contribution in [0.5, 0.6) is 0 Å². The molecule has 2 nitrogen and oxygen atoms in total. The van der Waals surface area contributed by atoms with Gasteiger partial charge in [-0.05, 0) is 56.5 Å². The first-order valence-corrected chi connectivity index (χ1v) is 7.79. The molecule has 1 N–H and O–H groups in total. The van der Waals surface area contributed by atoms with E-state index >= 15 is 0 Å². The lowest BCUT2D eigenvalue weighted by molar-refractivity contribution is -0.0195. The lowest BCUT2D eigenvalue weighted by Crippen LogP contribution is -2.49. The smallest absolute Gasteiger partial charge is 0.0973 e. The van der Waals surface area contributed by atoms with Gasteiger partial charge in [0.15, 0.2) is 0 Å². The van der Waals surface area contributed by atoms with Crippen LogP contribution in [0, 0.1) is 0 Å². The summed E-state index contributed by atoms with van der Waals surface area (Å²) in [5.41, 5.74) is 0.989. The van der Waals surface area contributed by atoms with Crippen LogP contribution in [-0.4, -0.2) is 28.6 Å². The largest absolute Gasteiger partial charge is 0.386 e. The van der Waals surface area contributed by atoms with Crippen molar-refractivity contribution in [3.8, 4) is 0 Å². The molecule has 0 amide bonds. The van der Waals surface area contributed by atoms with E-state index in [1.54, 1.807) is 0 Å². The lowest BCUT2D eigenvalue weighted by atomic mass is 9.84. The number of hydrogen-bond donors (Lipinski definition) is 1. The minimum absolute atomic E-state index is 0.0235. The summed E-state index contributed by atoms with van der Waals surface area (Å²) in [5, 5.41) is 11.7. The van der Waals surface area contributed by atoms with E-state index in [0.29, 0.717) is 0 Å². The van der Waals surface area contributed by atoms with Gasteiger partial charge in [0.2, 0.25) is 0 Å². The van der Waals surface area contributed by atoms with Crippen molar-refractivity contribution in [3.05, 3.63) is 34.9 Å². The van der Waals surface area contributed by atoms with E-state index in [-0.39, 0.29) is 11.6 Å². The highest BCUT2D eigenvalue weighted by Crippen LogP contribution is 2.45. The minimum atomic E-state index is -0.384. The molecule has 0 radical (unpaired) electrons. The number of hydrogen-bond acceptors (Lipinski definition) is 2. The number of rotatable bonds is 3. The number of aliphatic hydroxyl groups excluding tert-OH is 1. The van der Waals surface area contributed by atoms with Crippen LogP contribution in [0.25, 0.3) is 0 Å². The van der Waals surface area contributed by atoms with Crippen LogP contribution in [0.2, 0.25) is 5.02 Å². The van der Waals surface area contributed by atoms with Crippen molar-refractivity contribution in [1.82, 2.24) is 4.90 Å². The van der Waals surface area contributed by atoms with Crippen molar-refractivity contribution in [1.29, 1.82) is 0 Å². The molecule has 1 heterocycles. The number of aliphatic hydroxyl groups is 1. The molecule has 3 heteroatoms. The molecular weight excluding hydrogens is 258 g/mol. The van der Waals surface area contributed by atoms with Gasteiger partial charge in [-0.15, -0.1) is 0 Å². The molecule has 0 aromatic heterocycles. The number of likely N-dealkylation sites (tertiary alicyclic amines) is 1. The van der Waals surface area contributed by atoms with Gasteiger partial charge in [-0.25, -0.2) is 0 Å². The van der Waals surface area contributed by atoms with Crippen molar-refractivity contribution in [3.63, 3.8) is 0 Å². The molecule has 0 bridgehead atoms. The van der Waals surface area contributed by atoms with Gasteiger partial charge in [-0.2, -0.15) is 0 Å². The Kier molecular flexibility index (Phi) is 3.84. The van der Waals surface area contributed by atoms with Gasteiger partial charge in [0, 0.05) is 5.02 Å². The highest BCUT2D eigenvalue weighted by atomic mass is 35.5. The standard InChI is InChI=1S/C16H22ClNO/c17-14-7-5-13(6-8-14)15(19)16(9-1-2-10-16)18-11-3-4-12-18/h5-8,15,19H,1-4,9-12H2. The molecule has 19 heavy (non-hydrogen) atoms. The molecule has 1 saturated carbocycles. The third-order valence-corrected chi connectivity index (χ3v) is 5.15. The fourth-order valence-corrected chi connectivity index (χ4v) is 3.99. The summed E-state index contributed by atoms with van der Waals surface area (Å²) in [6.07, 6.45) is 6.88. The van der Waals surface area contributed by atoms with E-state index < -0.39 is 0 Å². The minimum Gasteiger partial charge on any atom is -0.386 e. The zero-order valence-corrected chi connectivity index (χ0v) is 12.1.